The standard InChI is InChI=1S/C21H24N4O3/c1-15(2)28-14-17-9-7-16(8-10-17)13-22-20(26)11-12-25-21(27)18-5-3-4-6-19(18)23-24-25/h3-10,15H,11-14H2,1-2H3,(H,22,26). The highest BCUT2D eigenvalue weighted by atomic mass is 16.5. The van der Waals surface area contributed by atoms with Gasteiger partial charge < -0.3 is 10.1 Å². The Balaban J connectivity index is 1.50. The number of nitrogens with zero attached hydrogens (tertiary/aromatic N) is 3. The number of ether oxygens (including phenoxy) is 1. The quantitative estimate of drug-likeness (QED) is 0.649. The summed E-state index contributed by atoms with van der Waals surface area (Å²) in [6.07, 6.45) is 0.353. The first-order valence-electron chi connectivity index (χ1n) is 9.31. The number of benzene rings is 2. The number of carbonyl (C=O) groups is 1. The summed E-state index contributed by atoms with van der Waals surface area (Å²) < 4.78 is 6.80. The van der Waals surface area contributed by atoms with Gasteiger partial charge >= 0.3 is 0 Å². The largest absolute Gasteiger partial charge is 0.374 e. The summed E-state index contributed by atoms with van der Waals surface area (Å²) in [7, 11) is 0. The first-order valence-corrected chi connectivity index (χ1v) is 9.31. The highest BCUT2D eigenvalue weighted by Gasteiger charge is 2.08. The molecule has 0 aliphatic carbocycles. The fourth-order valence-electron chi connectivity index (χ4n) is 2.68. The molecule has 0 spiro atoms. The van der Waals surface area contributed by atoms with E-state index in [0.717, 1.165) is 11.1 Å². The van der Waals surface area contributed by atoms with E-state index in [0.29, 0.717) is 24.1 Å². The predicted molar refractivity (Wildman–Crippen MR) is 107 cm³/mol. The molecule has 1 amide bonds. The van der Waals surface area contributed by atoms with Crippen LogP contribution in [-0.2, 0) is 29.2 Å². The Kier molecular flexibility index (Phi) is 6.49. The highest BCUT2D eigenvalue weighted by Crippen LogP contribution is 2.07. The molecule has 0 saturated carbocycles. The Bertz CT molecular complexity index is 996. The van der Waals surface area contributed by atoms with Crippen molar-refractivity contribution in [3.63, 3.8) is 0 Å². The second-order valence-electron chi connectivity index (χ2n) is 6.84. The van der Waals surface area contributed by atoms with Gasteiger partial charge in [0, 0.05) is 13.0 Å². The van der Waals surface area contributed by atoms with Crippen LogP contribution in [0.15, 0.2) is 53.3 Å². The summed E-state index contributed by atoms with van der Waals surface area (Å²) in [5.41, 5.74) is 2.41. The summed E-state index contributed by atoms with van der Waals surface area (Å²) >= 11 is 0. The molecule has 2 aromatic carbocycles. The van der Waals surface area contributed by atoms with Gasteiger partial charge in [0.15, 0.2) is 0 Å². The smallest absolute Gasteiger partial charge is 0.277 e. The molecule has 3 aromatic rings. The van der Waals surface area contributed by atoms with E-state index in [-0.39, 0.29) is 30.5 Å². The summed E-state index contributed by atoms with van der Waals surface area (Å²) in [4.78, 5) is 24.5. The number of fused-ring (bicyclic) bond motifs is 1. The molecule has 7 nitrogen and oxygen atoms in total. The molecule has 1 N–H and O–H groups in total. The SMILES string of the molecule is CC(C)OCc1ccc(CNC(=O)CCn2nnc3ccccc3c2=O)cc1. The van der Waals surface area contributed by atoms with Gasteiger partial charge in [0.25, 0.3) is 5.56 Å². The van der Waals surface area contributed by atoms with Crippen LogP contribution >= 0.6 is 0 Å². The Labute approximate surface area is 163 Å². The number of carbonyl (C=O) groups excluding carboxylic acids is 1. The van der Waals surface area contributed by atoms with E-state index in [1.165, 1.54) is 4.68 Å². The van der Waals surface area contributed by atoms with Gasteiger partial charge in [0.2, 0.25) is 5.91 Å². The Morgan fingerprint density at radius 3 is 2.57 bits per heavy atom. The third-order valence-corrected chi connectivity index (χ3v) is 4.28. The molecule has 0 atom stereocenters. The lowest BCUT2D eigenvalue weighted by atomic mass is 10.1. The van der Waals surface area contributed by atoms with Gasteiger partial charge in [-0.3, -0.25) is 9.59 Å². The molecule has 28 heavy (non-hydrogen) atoms. The van der Waals surface area contributed by atoms with Crippen LogP contribution in [0.2, 0.25) is 0 Å². The molecule has 0 aliphatic heterocycles. The van der Waals surface area contributed by atoms with E-state index in [9.17, 15) is 9.59 Å². The average molecular weight is 380 g/mol. The third kappa shape index (κ3) is 5.23. The molecule has 0 unspecified atom stereocenters. The number of amides is 1. The minimum absolute atomic E-state index is 0.144. The summed E-state index contributed by atoms with van der Waals surface area (Å²) in [5.74, 6) is -0.144. The lowest BCUT2D eigenvalue weighted by Gasteiger charge is -2.09. The zero-order valence-corrected chi connectivity index (χ0v) is 16.1. The molecule has 3 rings (SSSR count). The van der Waals surface area contributed by atoms with E-state index in [1.807, 2.05) is 38.1 Å². The minimum Gasteiger partial charge on any atom is -0.374 e. The lowest BCUT2D eigenvalue weighted by molar-refractivity contribution is -0.121. The third-order valence-electron chi connectivity index (χ3n) is 4.28. The number of hydrogen-bond acceptors (Lipinski definition) is 5. The molecule has 1 heterocycles. The summed E-state index contributed by atoms with van der Waals surface area (Å²) in [6, 6.07) is 15.0. The van der Waals surface area contributed by atoms with E-state index in [1.54, 1.807) is 24.3 Å². The van der Waals surface area contributed by atoms with Gasteiger partial charge in [0.1, 0.15) is 5.52 Å². The van der Waals surface area contributed by atoms with Crippen molar-refractivity contribution >= 4 is 16.8 Å². The van der Waals surface area contributed by atoms with Gasteiger partial charge in [-0.2, -0.15) is 0 Å². The first-order chi connectivity index (χ1) is 13.5. The monoisotopic (exact) mass is 380 g/mol. The van der Waals surface area contributed by atoms with Crippen LogP contribution in [0.5, 0.6) is 0 Å². The Hall–Kier alpha value is -3.06. The van der Waals surface area contributed by atoms with Crippen molar-refractivity contribution in [3.05, 3.63) is 70.0 Å². The first kappa shape index (κ1) is 19.7. The predicted octanol–water partition coefficient (Wildman–Crippen LogP) is 2.42. The van der Waals surface area contributed by atoms with E-state index in [2.05, 4.69) is 15.6 Å². The molecule has 0 radical (unpaired) electrons. The molecule has 146 valence electrons. The molecule has 0 fully saturated rings. The fourth-order valence-corrected chi connectivity index (χ4v) is 2.68. The van der Waals surface area contributed by atoms with Crippen LogP contribution < -0.4 is 10.9 Å². The van der Waals surface area contributed by atoms with Crippen molar-refractivity contribution in [1.82, 2.24) is 20.3 Å². The van der Waals surface area contributed by atoms with Crippen LogP contribution in [0.1, 0.15) is 31.4 Å². The van der Waals surface area contributed by atoms with E-state index < -0.39 is 0 Å². The fraction of sp³-hybridized carbons (Fsp3) is 0.333. The summed E-state index contributed by atoms with van der Waals surface area (Å²) in [6.45, 7) is 5.20. The van der Waals surface area contributed by atoms with Gasteiger partial charge in [-0.05, 0) is 37.1 Å². The second-order valence-corrected chi connectivity index (χ2v) is 6.84. The molecule has 0 bridgehead atoms. The lowest BCUT2D eigenvalue weighted by Crippen LogP contribution is -2.29. The molecule has 0 aliphatic rings. The minimum atomic E-state index is -0.238. The zero-order chi connectivity index (χ0) is 19.9. The summed E-state index contributed by atoms with van der Waals surface area (Å²) in [5, 5.41) is 11.3. The maximum Gasteiger partial charge on any atom is 0.277 e. The van der Waals surface area contributed by atoms with Crippen LogP contribution in [0.25, 0.3) is 10.9 Å². The van der Waals surface area contributed by atoms with Crippen molar-refractivity contribution in [2.45, 2.75) is 46.1 Å². The maximum atomic E-state index is 12.4. The second kappa shape index (κ2) is 9.23. The average Bonchev–Trinajstić information content (AvgIpc) is 2.71. The van der Waals surface area contributed by atoms with Crippen molar-refractivity contribution in [3.8, 4) is 0 Å². The van der Waals surface area contributed by atoms with Crippen molar-refractivity contribution < 1.29 is 9.53 Å². The molecule has 0 saturated heterocycles. The van der Waals surface area contributed by atoms with Crippen LogP contribution in [-0.4, -0.2) is 27.0 Å². The van der Waals surface area contributed by atoms with Crippen molar-refractivity contribution in [2.75, 3.05) is 0 Å². The van der Waals surface area contributed by atoms with E-state index >= 15 is 0 Å². The van der Waals surface area contributed by atoms with Crippen LogP contribution in [0.4, 0.5) is 0 Å². The number of hydrogen-bond donors (Lipinski definition) is 1. The van der Waals surface area contributed by atoms with Gasteiger partial charge in [-0.1, -0.05) is 41.6 Å². The highest BCUT2D eigenvalue weighted by molar-refractivity contribution is 5.77. The molecule has 7 heteroatoms. The molecular formula is C21H24N4O3. The normalized spacial score (nSPS) is 11.1. The van der Waals surface area contributed by atoms with Gasteiger partial charge in [-0.25, -0.2) is 4.68 Å². The number of nitrogens with one attached hydrogen (secondary N) is 1. The van der Waals surface area contributed by atoms with E-state index in [4.69, 9.17) is 4.74 Å². The van der Waals surface area contributed by atoms with Crippen LogP contribution in [0, 0.1) is 0 Å². The molecule has 1 aromatic heterocycles. The molecular weight excluding hydrogens is 356 g/mol. The Morgan fingerprint density at radius 1 is 1.11 bits per heavy atom. The van der Waals surface area contributed by atoms with Crippen molar-refractivity contribution in [1.29, 1.82) is 0 Å². The number of aryl methyl sites for hydroxylation is 1. The van der Waals surface area contributed by atoms with Crippen molar-refractivity contribution in [2.24, 2.45) is 0 Å². The topological polar surface area (TPSA) is 86.1 Å². The van der Waals surface area contributed by atoms with Crippen LogP contribution in [0.3, 0.4) is 0 Å². The zero-order valence-electron chi connectivity index (χ0n) is 16.1. The number of rotatable bonds is 8. The number of aromatic nitrogens is 3. The maximum absolute atomic E-state index is 12.4. The van der Waals surface area contributed by atoms with Gasteiger partial charge in [0.05, 0.1) is 24.6 Å². The Morgan fingerprint density at radius 2 is 1.82 bits per heavy atom. The van der Waals surface area contributed by atoms with Gasteiger partial charge in [-0.15, -0.1) is 5.10 Å².